The Morgan fingerprint density at radius 3 is 2.82 bits per heavy atom. The van der Waals surface area contributed by atoms with Gasteiger partial charge in [-0.1, -0.05) is 35.0 Å². The van der Waals surface area contributed by atoms with Gasteiger partial charge in [0.25, 0.3) is 0 Å². The molecule has 2 aromatic rings. The van der Waals surface area contributed by atoms with Crippen LogP contribution in [0.4, 0.5) is 0 Å². The molecule has 0 aliphatic heterocycles. The predicted molar refractivity (Wildman–Crippen MR) is 70.1 cm³/mol. The number of carbonyl (C=O) groups excluding carboxylic acids is 1. The van der Waals surface area contributed by atoms with Crippen LogP contribution in [0.2, 0.25) is 0 Å². The Hall–Kier alpha value is -1.42. The van der Waals surface area contributed by atoms with Crippen molar-refractivity contribution in [3.8, 4) is 0 Å². The highest BCUT2D eigenvalue weighted by molar-refractivity contribution is 9.10. The van der Waals surface area contributed by atoms with Gasteiger partial charge < -0.3 is 0 Å². The number of hydrogen-bond donors (Lipinski definition) is 0. The molecule has 1 heterocycles. The maximum atomic E-state index is 12.3. The van der Waals surface area contributed by atoms with E-state index in [1.165, 1.54) is 0 Å². The molecule has 0 amide bonds. The minimum absolute atomic E-state index is 0.00317. The first-order valence-electron chi connectivity index (χ1n) is 5.55. The second kappa shape index (κ2) is 5.27. The monoisotopic (exact) mass is 292 g/mol. The average molecular weight is 293 g/mol. The van der Waals surface area contributed by atoms with Crippen LogP contribution in [0, 0.1) is 0 Å². The minimum Gasteiger partial charge on any atom is -0.287 e. The molecule has 0 fully saturated rings. The van der Waals surface area contributed by atoms with E-state index in [-0.39, 0.29) is 5.78 Å². The van der Waals surface area contributed by atoms with Crippen molar-refractivity contribution < 1.29 is 4.79 Å². The number of nitrogens with zero attached hydrogens (tertiary/aromatic N) is 2. The lowest BCUT2D eigenvalue weighted by Crippen LogP contribution is -2.11. The van der Waals surface area contributed by atoms with E-state index in [0.717, 1.165) is 17.4 Å². The zero-order chi connectivity index (χ0) is 12.3. The lowest BCUT2D eigenvalue weighted by Gasteiger charge is -2.06. The van der Waals surface area contributed by atoms with Crippen molar-refractivity contribution in [2.45, 2.75) is 19.9 Å². The molecule has 0 spiro atoms. The molecular formula is C13H13BrN2O. The van der Waals surface area contributed by atoms with Crippen molar-refractivity contribution in [1.82, 2.24) is 9.78 Å². The van der Waals surface area contributed by atoms with Gasteiger partial charge in [-0.2, -0.15) is 5.10 Å². The van der Waals surface area contributed by atoms with Gasteiger partial charge >= 0.3 is 0 Å². The zero-order valence-corrected chi connectivity index (χ0v) is 11.1. The van der Waals surface area contributed by atoms with Crippen molar-refractivity contribution in [2.24, 2.45) is 0 Å². The summed E-state index contributed by atoms with van der Waals surface area (Å²) in [6.07, 6.45) is 2.62. The number of hydrogen-bond acceptors (Lipinski definition) is 2. The maximum absolute atomic E-state index is 12.3. The standard InChI is InChI=1S/C13H13BrN2O/c1-2-9-16-12(7-8-15-16)13(17)10-5-3-4-6-11(10)14/h3-8H,2,9H2,1H3. The van der Waals surface area contributed by atoms with Gasteiger partial charge in [-0.05, 0) is 24.6 Å². The molecule has 4 heteroatoms. The van der Waals surface area contributed by atoms with Crippen LogP contribution in [-0.2, 0) is 6.54 Å². The van der Waals surface area contributed by atoms with Crippen LogP contribution >= 0.6 is 15.9 Å². The van der Waals surface area contributed by atoms with Crippen molar-refractivity contribution in [1.29, 1.82) is 0 Å². The SMILES string of the molecule is CCCn1nccc1C(=O)c1ccccc1Br. The van der Waals surface area contributed by atoms with E-state index in [1.54, 1.807) is 16.9 Å². The summed E-state index contributed by atoms with van der Waals surface area (Å²) in [6, 6.07) is 9.20. The third-order valence-electron chi connectivity index (χ3n) is 2.50. The topological polar surface area (TPSA) is 34.9 Å². The summed E-state index contributed by atoms with van der Waals surface area (Å²) in [4.78, 5) is 12.3. The first-order chi connectivity index (χ1) is 8.24. The van der Waals surface area contributed by atoms with Crippen molar-refractivity contribution in [3.63, 3.8) is 0 Å². The molecule has 0 bridgehead atoms. The Balaban J connectivity index is 2.37. The van der Waals surface area contributed by atoms with E-state index in [4.69, 9.17) is 0 Å². The second-order valence-electron chi connectivity index (χ2n) is 3.75. The molecule has 0 radical (unpaired) electrons. The van der Waals surface area contributed by atoms with Gasteiger partial charge in [-0.3, -0.25) is 9.48 Å². The molecule has 17 heavy (non-hydrogen) atoms. The molecule has 0 aliphatic carbocycles. The number of rotatable bonds is 4. The summed E-state index contributed by atoms with van der Waals surface area (Å²) in [5.41, 5.74) is 1.31. The number of ketones is 1. The molecule has 2 rings (SSSR count). The summed E-state index contributed by atoms with van der Waals surface area (Å²) >= 11 is 3.40. The summed E-state index contributed by atoms with van der Waals surface area (Å²) in [6.45, 7) is 2.83. The van der Waals surface area contributed by atoms with Crippen molar-refractivity contribution in [3.05, 3.63) is 52.3 Å². The Kier molecular flexibility index (Phi) is 3.74. The smallest absolute Gasteiger partial charge is 0.212 e. The van der Waals surface area contributed by atoms with Gasteiger partial charge in [0.15, 0.2) is 0 Å². The van der Waals surface area contributed by atoms with Crippen LogP contribution in [-0.4, -0.2) is 15.6 Å². The molecule has 1 aromatic carbocycles. The molecule has 0 saturated carbocycles. The first-order valence-corrected chi connectivity index (χ1v) is 6.34. The second-order valence-corrected chi connectivity index (χ2v) is 4.60. The maximum Gasteiger partial charge on any atom is 0.212 e. The fraction of sp³-hybridized carbons (Fsp3) is 0.231. The Bertz CT molecular complexity index is 534. The molecule has 3 nitrogen and oxygen atoms in total. The average Bonchev–Trinajstić information content (AvgIpc) is 2.78. The minimum atomic E-state index is 0.00317. The predicted octanol–water partition coefficient (Wildman–Crippen LogP) is 3.29. The third-order valence-corrected chi connectivity index (χ3v) is 3.19. The fourth-order valence-corrected chi connectivity index (χ4v) is 2.16. The van der Waals surface area contributed by atoms with Gasteiger partial charge in [-0.25, -0.2) is 0 Å². The summed E-state index contributed by atoms with van der Waals surface area (Å²) in [5, 5.41) is 4.16. The van der Waals surface area contributed by atoms with Gasteiger partial charge in [0, 0.05) is 22.8 Å². The zero-order valence-electron chi connectivity index (χ0n) is 9.56. The van der Waals surface area contributed by atoms with Crippen LogP contribution < -0.4 is 0 Å². The van der Waals surface area contributed by atoms with Crippen LogP contribution in [0.25, 0.3) is 0 Å². The van der Waals surface area contributed by atoms with Crippen LogP contribution in [0.3, 0.4) is 0 Å². The van der Waals surface area contributed by atoms with E-state index in [0.29, 0.717) is 11.3 Å². The number of aryl methyl sites for hydroxylation is 1. The summed E-state index contributed by atoms with van der Waals surface area (Å²) in [7, 11) is 0. The highest BCUT2D eigenvalue weighted by atomic mass is 79.9. The van der Waals surface area contributed by atoms with E-state index < -0.39 is 0 Å². The van der Waals surface area contributed by atoms with Crippen LogP contribution in [0.15, 0.2) is 41.0 Å². The van der Waals surface area contributed by atoms with Crippen LogP contribution in [0.5, 0.6) is 0 Å². The highest BCUT2D eigenvalue weighted by Gasteiger charge is 2.15. The molecule has 1 aromatic heterocycles. The number of aromatic nitrogens is 2. The van der Waals surface area contributed by atoms with Crippen molar-refractivity contribution >= 4 is 21.7 Å². The van der Waals surface area contributed by atoms with Gasteiger partial charge in [0.1, 0.15) is 5.69 Å². The van der Waals surface area contributed by atoms with Gasteiger partial charge in [-0.15, -0.1) is 0 Å². The normalized spacial score (nSPS) is 10.5. The Morgan fingerprint density at radius 1 is 1.35 bits per heavy atom. The lowest BCUT2D eigenvalue weighted by molar-refractivity contribution is 0.102. The van der Waals surface area contributed by atoms with Gasteiger partial charge in [0.2, 0.25) is 5.78 Å². The van der Waals surface area contributed by atoms with E-state index >= 15 is 0 Å². The van der Waals surface area contributed by atoms with Crippen LogP contribution in [0.1, 0.15) is 29.4 Å². The largest absolute Gasteiger partial charge is 0.287 e. The summed E-state index contributed by atoms with van der Waals surface area (Å²) in [5.74, 6) is 0.00317. The molecule has 0 unspecified atom stereocenters. The van der Waals surface area contributed by atoms with Gasteiger partial charge in [0.05, 0.1) is 0 Å². The Labute approximate surface area is 109 Å². The van der Waals surface area contributed by atoms with E-state index in [2.05, 4.69) is 28.0 Å². The van der Waals surface area contributed by atoms with E-state index in [1.807, 2.05) is 24.3 Å². The molecule has 0 aliphatic rings. The molecule has 0 saturated heterocycles. The van der Waals surface area contributed by atoms with Crippen molar-refractivity contribution in [2.75, 3.05) is 0 Å². The molecule has 0 atom stereocenters. The first kappa shape index (κ1) is 12.0. The van der Waals surface area contributed by atoms with E-state index in [9.17, 15) is 4.79 Å². The summed E-state index contributed by atoms with van der Waals surface area (Å²) < 4.78 is 2.57. The highest BCUT2D eigenvalue weighted by Crippen LogP contribution is 2.19. The molecule has 0 N–H and O–H groups in total. The lowest BCUT2D eigenvalue weighted by atomic mass is 10.1. The fourth-order valence-electron chi connectivity index (χ4n) is 1.70. The number of halogens is 1. The number of benzene rings is 1. The molecular weight excluding hydrogens is 280 g/mol. The third kappa shape index (κ3) is 2.47. The quantitative estimate of drug-likeness (QED) is 0.811. The Morgan fingerprint density at radius 2 is 2.12 bits per heavy atom. The molecule has 88 valence electrons. The number of carbonyl (C=O) groups is 1.